The van der Waals surface area contributed by atoms with Gasteiger partial charge < -0.3 is 20.1 Å². The molecule has 1 aliphatic rings. The van der Waals surface area contributed by atoms with Crippen molar-refractivity contribution < 1.29 is 15.0 Å². The summed E-state index contributed by atoms with van der Waals surface area (Å²) in [5, 5.41) is 20.0. The molecule has 0 unspecified atom stereocenters. The third-order valence-corrected chi connectivity index (χ3v) is 4.46. The summed E-state index contributed by atoms with van der Waals surface area (Å²) in [6.07, 6.45) is 1.31. The Hall–Kier alpha value is -1.66. The molecular formula is C16H24N2O4. The lowest BCUT2D eigenvalue weighted by Gasteiger charge is -2.45. The second kappa shape index (κ2) is 6.62. The normalized spacial score (nSPS) is 25.3. The fraction of sp³-hybridized carbons (Fsp3) is 0.625. The topological polar surface area (TPSA) is 93.6 Å². The van der Waals surface area contributed by atoms with E-state index in [9.17, 15) is 19.8 Å². The molecule has 1 amide bonds. The van der Waals surface area contributed by atoms with Crippen molar-refractivity contribution in [2.75, 3.05) is 19.7 Å². The lowest BCUT2D eigenvalue weighted by Crippen LogP contribution is -2.55. The highest BCUT2D eigenvalue weighted by molar-refractivity contribution is 5.94. The quantitative estimate of drug-likeness (QED) is 0.762. The van der Waals surface area contributed by atoms with Gasteiger partial charge in [0, 0.05) is 35.8 Å². The molecule has 22 heavy (non-hydrogen) atoms. The van der Waals surface area contributed by atoms with E-state index in [0.717, 1.165) is 6.42 Å². The summed E-state index contributed by atoms with van der Waals surface area (Å²) in [5.41, 5.74) is 0.0112. The van der Waals surface area contributed by atoms with Gasteiger partial charge in [0.2, 0.25) is 5.56 Å². The third kappa shape index (κ3) is 3.23. The zero-order valence-corrected chi connectivity index (χ0v) is 13.1. The van der Waals surface area contributed by atoms with E-state index < -0.39 is 11.5 Å². The van der Waals surface area contributed by atoms with Gasteiger partial charge in [-0.15, -0.1) is 0 Å². The predicted molar refractivity (Wildman–Crippen MR) is 82.8 cm³/mol. The Labute approximate surface area is 129 Å². The van der Waals surface area contributed by atoms with Crippen LogP contribution >= 0.6 is 0 Å². The Morgan fingerprint density at radius 2 is 2.23 bits per heavy atom. The average Bonchev–Trinajstić information content (AvgIpc) is 2.48. The van der Waals surface area contributed by atoms with Crippen molar-refractivity contribution in [3.05, 3.63) is 33.7 Å². The minimum atomic E-state index is -0.668. The van der Waals surface area contributed by atoms with Crippen molar-refractivity contribution in [3.63, 3.8) is 0 Å². The van der Waals surface area contributed by atoms with Crippen molar-refractivity contribution in [2.24, 2.45) is 5.41 Å². The van der Waals surface area contributed by atoms with Gasteiger partial charge in [0.15, 0.2) is 0 Å². The van der Waals surface area contributed by atoms with Gasteiger partial charge in [0.1, 0.15) is 0 Å². The number of hydrogen-bond acceptors (Lipinski definition) is 4. The fourth-order valence-electron chi connectivity index (χ4n) is 3.29. The number of nitrogens with zero attached hydrogens (tertiary/aromatic N) is 1. The largest absolute Gasteiger partial charge is 0.396 e. The Morgan fingerprint density at radius 3 is 2.82 bits per heavy atom. The summed E-state index contributed by atoms with van der Waals surface area (Å²) in [7, 11) is 0. The Bertz CT molecular complexity index is 598. The number of piperidine rings is 1. The standard InChI is InChI=1S/C16H24N2O4/c1-3-5-16(10-19)9-18(6-4-13(16)20)15(22)12-7-11(2)17-14(21)8-12/h7-8,13,19-20H,3-6,9-10H2,1-2H3,(H,17,21)/t13-,16+/m0/s1. The van der Waals surface area contributed by atoms with E-state index in [1.54, 1.807) is 17.9 Å². The first-order valence-corrected chi connectivity index (χ1v) is 7.71. The van der Waals surface area contributed by atoms with Crippen LogP contribution in [0.1, 0.15) is 42.2 Å². The van der Waals surface area contributed by atoms with Crippen LogP contribution in [0.2, 0.25) is 0 Å². The van der Waals surface area contributed by atoms with Crippen molar-refractivity contribution in [3.8, 4) is 0 Å². The van der Waals surface area contributed by atoms with E-state index in [1.165, 1.54) is 6.07 Å². The Morgan fingerprint density at radius 1 is 1.50 bits per heavy atom. The maximum Gasteiger partial charge on any atom is 0.254 e. The zero-order chi connectivity index (χ0) is 16.3. The van der Waals surface area contributed by atoms with Gasteiger partial charge in [-0.2, -0.15) is 0 Å². The van der Waals surface area contributed by atoms with Crippen LogP contribution in [0.5, 0.6) is 0 Å². The van der Waals surface area contributed by atoms with Crippen molar-refractivity contribution in [1.82, 2.24) is 9.88 Å². The number of nitrogens with one attached hydrogen (secondary N) is 1. The number of amides is 1. The summed E-state index contributed by atoms with van der Waals surface area (Å²) >= 11 is 0. The molecule has 0 radical (unpaired) electrons. The lowest BCUT2D eigenvalue weighted by molar-refractivity contribution is -0.0720. The molecule has 1 saturated heterocycles. The average molecular weight is 308 g/mol. The zero-order valence-electron chi connectivity index (χ0n) is 13.1. The molecule has 0 bridgehead atoms. The fourth-order valence-corrected chi connectivity index (χ4v) is 3.29. The van der Waals surface area contributed by atoms with E-state index in [0.29, 0.717) is 37.2 Å². The summed E-state index contributed by atoms with van der Waals surface area (Å²) in [4.78, 5) is 28.4. The number of H-pyrrole nitrogens is 1. The number of aromatic nitrogens is 1. The summed E-state index contributed by atoms with van der Waals surface area (Å²) < 4.78 is 0. The molecule has 122 valence electrons. The predicted octanol–water partition coefficient (Wildman–Crippen LogP) is 0.669. The van der Waals surface area contributed by atoms with Crippen LogP contribution in [-0.4, -0.2) is 51.8 Å². The van der Waals surface area contributed by atoms with Crippen molar-refractivity contribution >= 4 is 5.91 Å². The van der Waals surface area contributed by atoms with Crippen LogP contribution in [0.4, 0.5) is 0 Å². The number of pyridine rings is 1. The highest BCUT2D eigenvalue weighted by atomic mass is 16.3. The maximum atomic E-state index is 12.6. The Balaban J connectivity index is 2.25. The molecule has 1 aliphatic heterocycles. The highest BCUT2D eigenvalue weighted by Crippen LogP contribution is 2.35. The number of aliphatic hydroxyl groups excluding tert-OH is 2. The van der Waals surface area contributed by atoms with Gasteiger partial charge >= 0.3 is 0 Å². The molecule has 0 saturated carbocycles. The first-order chi connectivity index (χ1) is 10.4. The summed E-state index contributed by atoms with van der Waals surface area (Å²) in [6.45, 7) is 4.30. The number of carbonyl (C=O) groups is 1. The number of aryl methyl sites for hydroxylation is 1. The van der Waals surface area contributed by atoms with Crippen LogP contribution in [0, 0.1) is 12.3 Å². The monoisotopic (exact) mass is 308 g/mol. The van der Waals surface area contributed by atoms with Crippen LogP contribution < -0.4 is 5.56 Å². The number of hydrogen-bond donors (Lipinski definition) is 3. The molecule has 6 heteroatoms. The molecule has 3 N–H and O–H groups in total. The van der Waals surface area contributed by atoms with Crippen molar-refractivity contribution in [1.29, 1.82) is 0 Å². The highest BCUT2D eigenvalue weighted by Gasteiger charge is 2.43. The van der Waals surface area contributed by atoms with E-state index in [4.69, 9.17) is 0 Å². The number of likely N-dealkylation sites (tertiary alicyclic amines) is 1. The van der Waals surface area contributed by atoms with Gasteiger partial charge in [-0.3, -0.25) is 9.59 Å². The molecule has 2 rings (SSSR count). The van der Waals surface area contributed by atoms with E-state index in [2.05, 4.69) is 4.98 Å². The van der Waals surface area contributed by atoms with E-state index in [1.807, 2.05) is 6.92 Å². The van der Waals surface area contributed by atoms with Crippen LogP contribution in [0.3, 0.4) is 0 Å². The van der Waals surface area contributed by atoms with Gasteiger partial charge in [0.05, 0.1) is 12.7 Å². The van der Waals surface area contributed by atoms with Gasteiger partial charge in [-0.25, -0.2) is 0 Å². The maximum absolute atomic E-state index is 12.6. The molecule has 2 atom stereocenters. The molecule has 1 aromatic heterocycles. The molecule has 0 aliphatic carbocycles. The van der Waals surface area contributed by atoms with E-state index >= 15 is 0 Å². The lowest BCUT2D eigenvalue weighted by atomic mass is 9.74. The molecule has 6 nitrogen and oxygen atoms in total. The van der Waals surface area contributed by atoms with Crippen LogP contribution in [0.25, 0.3) is 0 Å². The second-order valence-electron chi connectivity index (χ2n) is 6.22. The van der Waals surface area contributed by atoms with Crippen molar-refractivity contribution in [2.45, 2.75) is 39.2 Å². The van der Waals surface area contributed by atoms with Crippen LogP contribution in [-0.2, 0) is 0 Å². The molecule has 1 aromatic rings. The number of carbonyl (C=O) groups excluding carboxylic acids is 1. The number of aromatic amines is 1. The number of rotatable bonds is 4. The summed E-state index contributed by atoms with van der Waals surface area (Å²) in [6, 6.07) is 2.94. The third-order valence-electron chi connectivity index (χ3n) is 4.46. The number of aliphatic hydroxyl groups is 2. The molecule has 2 heterocycles. The van der Waals surface area contributed by atoms with Gasteiger partial charge in [-0.05, 0) is 25.8 Å². The van der Waals surface area contributed by atoms with Gasteiger partial charge in [-0.1, -0.05) is 13.3 Å². The van der Waals surface area contributed by atoms with E-state index in [-0.39, 0.29) is 18.1 Å². The first kappa shape index (κ1) is 16.7. The second-order valence-corrected chi connectivity index (χ2v) is 6.22. The first-order valence-electron chi connectivity index (χ1n) is 7.71. The van der Waals surface area contributed by atoms with Gasteiger partial charge in [0.25, 0.3) is 5.91 Å². The molecular weight excluding hydrogens is 284 g/mol. The molecule has 0 aromatic carbocycles. The Kier molecular flexibility index (Phi) is 5.03. The summed E-state index contributed by atoms with van der Waals surface area (Å²) in [5.74, 6) is -0.227. The molecule has 1 fully saturated rings. The smallest absolute Gasteiger partial charge is 0.254 e. The minimum Gasteiger partial charge on any atom is -0.396 e. The minimum absolute atomic E-state index is 0.153. The SMILES string of the molecule is CCC[C@]1(CO)CN(C(=O)c2cc(C)[nH]c(=O)c2)CC[C@@H]1O. The van der Waals surface area contributed by atoms with Crippen LogP contribution in [0.15, 0.2) is 16.9 Å². The molecule has 0 spiro atoms.